The van der Waals surface area contributed by atoms with Crippen molar-refractivity contribution >= 4 is 0 Å². The zero-order valence-corrected chi connectivity index (χ0v) is 7.95. The molecule has 2 rings (SSSR count). The Balaban J connectivity index is 2.58. The molecule has 14 heavy (non-hydrogen) atoms. The first-order valence-electron chi connectivity index (χ1n) is 4.52. The molecular weight excluding hydrogens is 174 g/mol. The summed E-state index contributed by atoms with van der Waals surface area (Å²) in [4.78, 5) is 14.0. The van der Waals surface area contributed by atoms with Crippen molar-refractivity contribution < 1.29 is 0 Å². The topological polar surface area (TPSA) is 32.9 Å². The standard InChI is InChI=1S/C12H11NO/c1-9-7-11(13-12(14)8-9)10-5-3-2-4-6-10/h2-8H,1H3,(H,13,14). The third kappa shape index (κ3) is 1.74. The molecule has 0 amide bonds. The van der Waals surface area contributed by atoms with Gasteiger partial charge in [-0.1, -0.05) is 30.3 Å². The van der Waals surface area contributed by atoms with E-state index in [1.54, 1.807) is 6.07 Å². The lowest BCUT2D eigenvalue weighted by atomic mass is 10.1. The van der Waals surface area contributed by atoms with Crippen LogP contribution < -0.4 is 5.56 Å². The highest BCUT2D eigenvalue weighted by atomic mass is 16.1. The van der Waals surface area contributed by atoms with E-state index in [0.717, 1.165) is 16.8 Å². The summed E-state index contributed by atoms with van der Waals surface area (Å²) in [5.41, 5.74) is 2.83. The molecule has 2 nitrogen and oxygen atoms in total. The SMILES string of the molecule is Cc1cc(-c2ccccc2)[nH]c(=O)c1. The fourth-order valence-corrected chi connectivity index (χ4v) is 1.45. The van der Waals surface area contributed by atoms with Crippen molar-refractivity contribution in [3.05, 3.63) is 58.4 Å². The number of H-pyrrole nitrogens is 1. The molecule has 1 N–H and O–H groups in total. The molecule has 0 radical (unpaired) electrons. The van der Waals surface area contributed by atoms with E-state index in [-0.39, 0.29) is 5.56 Å². The van der Waals surface area contributed by atoms with Crippen LogP contribution >= 0.6 is 0 Å². The highest BCUT2D eigenvalue weighted by Crippen LogP contribution is 2.15. The first-order valence-corrected chi connectivity index (χ1v) is 4.52. The van der Waals surface area contributed by atoms with E-state index >= 15 is 0 Å². The second kappa shape index (κ2) is 3.50. The van der Waals surface area contributed by atoms with Gasteiger partial charge in [0.1, 0.15) is 0 Å². The van der Waals surface area contributed by atoms with Crippen LogP contribution in [-0.4, -0.2) is 4.98 Å². The minimum atomic E-state index is -0.0520. The van der Waals surface area contributed by atoms with Crippen molar-refractivity contribution in [3.63, 3.8) is 0 Å². The predicted molar refractivity (Wildman–Crippen MR) is 57.2 cm³/mol. The molecule has 0 aliphatic heterocycles. The van der Waals surface area contributed by atoms with Crippen molar-refractivity contribution in [1.29, 1.82) is 0 Å². The van der Waals surface area contributed by atoms with Gasteiger partial charge in [0, 0.05) is 11.8 Å². The third-order valence-electron chi connectivity index (χ3n) is 2.07. The van der Waals surface area contributed by atoms with Gasteiger partial charge in [-0.25, -0.2) is 0 Å². The zero-order valence-electron chi connectivity index (χ0n) is 7.95. The molecule has 2 heteroatoms. The van der Waals surface area contributed by atoms with Crippen molar-refractivity contribution in [2.24, 2.45) is 0 Å². The van der Waals surface area contributed by atoms with Crippen LogP contribution in [0.1, 0.15) is 5.56 Å². The molecule has 0 aliphatic carbocycles. The third-order valence-corrected chi connectivity index (χ3v) is 2.07. The molecule has 1 aromatic carbocycles. The fraction of sp³-hybridized carbons (Fsp3) is 0.0833. The van der Waals surface area contributed by atoms with E-state index in [1.807, 2.05) is 43.3 Å². The summed E-state index contributed by atoms with van der Waals surface area (Å²) in [6, 6.07) is 13.4. The number of aromatic amines is 1. The number of aromatic nitrogens is 1. The largest absolute Gasteiger partial charge is 0.322 e. The van der Waals surface area contributed by atoms with E-state index in [4.69, 9.17) is 0 Å². The summed E-state index contributed by atoms with van der Waals surface area (Å²) in [6.07, 6.45) is 0. The quantitative estimate of drug-likeness (QED) is 0.726. The van der Waals surface area contributed by atoms with Crippen molar-refractivity contribution in [2.45, 2.75) is 6.92 Å². The summed E-state index contributed by atoms with van der Waals surface area (Å²) in [6.45, 7) is 1.92. The normalized spacial score (nSPS) is 10.1. The highest BCUT2D eigenvalue weighted by molar-refractivity contribution is 5.59. The van der Waals surface area contributed by atoms with Gasteiger partial charge in [-0.2, -0.15) is 0 Å². The van der Waals surface area contributed by atoms with Gasteiger partial charge in [0.2, 0.25) is 5.56 Å². The maximum Gasteiger partial charge on any atom is 0.248 e. The Morgan fingerprint density at radius 3 is 2.43 bits per heavy atom. The predicted octanol–water partition coefficient (Wildman–Crippen LogP) is 2.35. The summed E-state index contributed by atoms with van der Waals surface area (Å²) in [5.74, 6) is 0. The van der Waals surface area contributed by atoms with Gasteiger partial charge >= 0.3 is 0 Å². The van der Waals surface area contributed by atoms with Crippen LogP contribution in [0.2, 0.25) is 0 Å². The van der Waals surface area contributed by atoms with Crippen LogP contribution in [0.4, 0.5) is 0 Å². The van der Waals surface area contributed by atoms with Crippen LogP contribution in [0.5, 0.6) is 0 Å². The molecule has 0 bridgehead atoms. The molecule has 0 fully saturated rings. The maximum atomic E-state index is 11.2. The Morgan fingerprint density at radius 2 is 1.79 bits per heavy atom. The number of benzene rings is 1. The van der Waals surface area contributed by atoms with Gasteiger partial charge in [0.15, 0.2) is 0 Å². The van der Waals surface area contributed by atoms with Crippen LogP contribution in [0, 0.1) is 6.92 Å². The van der Waals surface area contributed by atoms with Gasteiger partial charge in [-0.15, -0.1) is 0 Å². The van der Waals surface area contributed by atoms with E-state index in [1.165, 1.54) is 0 Å². The van der Waals surface area contributed by atoms with E-state index < -0.39 is 0 Å². The van der Waals surface area contributed by atoms with E-state index in [2.05, 4.69) is 4.98 Å². The van der Waals surface area contributed by atoms with Gasteiger partial charge in [-0.05, 0) is 24.1 Å². The Labute approximate surface area is 82.2 Å². The first kappa shape index (κ1) is 8.75. The minimum Gasteiger partial charge on any atom is -0.322 e. The molecule has 0 atom stereocenters. The minimum absolute atomic E-state index is 0.0520. The smallest absolute Gasteiger partial charge is 0.248 e. The fourth-order valence-electron chi connectivity index (χ4n) is 1.45. The lowest BCUT2D eigenvalue weighted by Crippen LogP contribution is -2.05. The average molecular weight is 185 g/mol. The Bertz CT molecular complexity index is 485. The second-order valence-electron chi connectivity index (χ2n) is 3.30. The molecule has 1 heterocycles. The molecule has 0 saturated carbocycles. The van der Waals surface area contributed by atoms with E-state index in [9.17, 15) is 4.79 Å². The summed E-state index contributed by atoms with van der Waals surface area (Å²) in [7, 11) is 0. The molecule has 0 saturated heterocycles. The first-order chi connectivity index (χ1) is 6.75. The lowest BCUT2D eigenvalue weighted by molar-refractivity contribution is 1.21. The summed E-state index contributed by atoms with van der Waals surface area (Å²) < 4.78 is 0. The Kier molecular flexibility index (Phi) is 2.19. The van der Waals surface area contributed by atoms with Crippen LogP contribution in [0.25, 0.3) is 11.3 Å². The lowest BCUT2D eigenvalue weighted by Gasteiger charge is -2.01. The zero-order chi connectivity index (χ0) is 9.97. The summed E-state index contributed by atoms with van der Waals surface area (Å²) in [5, 5.41) is 0. The number of hydrogen-bond acceptors (Lipinski definition) is 1. The molecule has 70 valence electrons. The summed E-state index contributed by atoms with van der Waals surface area (Å²) >= 11 is 0. The molecule has 0 aliphatic rings. The molecule has 0 spiro atoms. The van der Waals surface area contributed by atoms with Crippen LogP contribution in [-0.2, 0) is 0 Å². The molecule has 2 aromatic rings. The number of nitrogens with one attached hydrogen (secondary N) is 1. The molecular formula is C12H11NO. The van der Waals surface area contributed by atoms with Crippen LogP contribution in [0.15, 0.2) is 47.3 Å². The molecule has 0 unspecified atom stereocenters. The second-order valence-corrected chi connectivity index (χ2v) is 3.30. The Morgan fingerprint density at radius 1 is 1.07 bits per heavy atom. The monoisotopic (exact) mass is 185 g/mol. The van der Waals surface area contributed by atoms with Crippen molar-refractivity contribution in [2.75, 3.05) is 0 Å². The number of hydrogen-bond donors (Lipinski definition) is 1. The van der Waals surface area contributed by atoms with Gasteiger partial charge < -0.3 is 4.98 Å². The number of rotatable bonds is 1. The van der Waals surface area contributed by atoms with E-state index in [0.29, 0.717) is 0 Å². The van der Waals surface area contributed by atoms with Gasteiger partial charge in [0.05, 0.1) is 0 Å². The Hall–Kier alpha value is -1.83. The van der Waals surface area contributed by atoms with Gasteiger partial charge in [0.25, 0.3) is 0 Å². The maximum absolute atomic E-state index is 11.2. The van der Waals surface area contributed by atoms with Crippen molar-refractivity contribution in [1.82, 2.24) is 4.98 Å². The highest BCUT2D eigenvalue weighted by Gasteiger charge is 1.97. The van der Waals surface area contributed by atoms with Gasteiger partial charge in [-0.3, -0.25) is 4.79 Å². The van der Waals surface area contributed by atoms with Crippen molar-refractivity contribution in [3.8, 4) is 11.3 Å². The number of pyridine rings is 1. The number of aryl methyl sites for hydroxylation is 1. The van der Waals surface area contributed by atoms with Crippen LogP contribution in [0.3, 0.4) is 0 Å². The average Bonchev–Trinajstić information content (AvgIpc) is 2.18. The molecule has 1 aromatic heterocycles.